The van der Waals surface area contributed by atoms with Crippen LogP contribution in [0.3, 0.4) is 0 Å². The second kappa shape index (κ2) is 6.39. The van der Waals surface area contributed by atoms with E-state index in [0.29, 0.717) is 19.6 Å². The maximum absolute atomic E-state index is 12.4. The molecule has 0 aliphatic carbocycles. The molecule has 5 heteroatoms. The summed E-state index contributed by atoms with van der Waals surface area (Å²) in [5.74, 6) is -1.32. The molecule has 0 radical (unpaired) electrons. The van der Waals surface area contributed by atoms with E-state index in [2.05, 4.69) is 0 Å². The highest BCUT2D eigenvalue weighted by molar-refractivity contribution is 5.13. The summed E-state index contributed by atoms with van der Waals surface area (Å²) in [4.78, 5) is 0. The van der Waals surface area contributed by atoms with Crippen molar-refractivity contribution < 1.29 is 22.6 Å². The summed E-state index contributed by atoms with van der Waals surface area (Å²) >= 11 is 0. The Morgan fingerprint density at radius 2 is 1.89 bits per heavy atom. The Kier molecular flexibility index (Phi) is 4.82. The molecule has 2 rings (SSSR count). The van der Waals surface area contributed by atoms with Crippen LogP contribution >= 0.6 is 0 Å². The van der Waals surface area contributed by atoms with Crippen LogP contribution < -0.4 is 0 Å². The van der Waals surface area contributed by atoms with Crippen molar-refractivity contribution in [2.24, 2.45) is 5.92 Å². The molecule has 0 aromatic heterocycles. The second-order valence-electron chi connectivity index (χ2n) is 4.77. The third-order valence-electron chi connectivity index (χ3n) is 3.25. The summed E-state index contributed by atoms with van der Waals surface area (Å²) in [6.07, 6.45) is -3.83. The highest BCUT2D eigenvalue weighted by atomic mass is 19.4. The van der Waals surface area contributed by atoms with E-state index in [9.17, 15) is 13.2 Å². The van der Waals surface area contributed by atoms with Crippen molar-refractivity contribution in [2.75, 3.05) is 13.2 Å². The molecule has 0 unspecified atom stereocenters. The molecule has 1 aliphatic heterocycles. The highest BCUT2D eigenvalue weighted by Crippen LogP contribution is 2.33. The van der Waals surface area contributed by atoms with Gasteiger partial charge >= 0.3 is 6.18 Å². The van der Waals surface area contributed by atoms with E-state index < -0.39 is 12.1 Å². The Balaban J connectivity index is 1.66. The van der Waals surface area contributed by atoms with Crippen LogP contribution in [0.15, 0.2) is 30.3 Å². The van der Waals surface area contributed by atoms with Gasteiger partial charge in [0.05, 0.1) is 31.8 Å². The van der Waals surface area contributed by atoms with Crippen molar-refractivity contribution in [3.63, 3.8) is 0 Å². The van der Waals surface area contributed by atoms with Gasteiger partial charge in [-0.25, -0.2) is 0 Å². The van der Waals surface area contributed by atoms with Crippen LogP contribution in [0.4, 0.5) is 13.2 Å². The molecule has 0 saturated carbocycles. The lowest BCUT2D eigenvalue weighted by molar-refractivity contribution is -0.211. The van der Waals surface area contributed by atoms with Crippen LogP contribution in [0.5, 0.6) is 0 Å². The molecule has 1 heterocycles. The number of hydrogen-bond donors (Lipinski definition) is 0. The monoisotopic (exact) mass is 274 g/mol. The number of halogens is 3. The van der Waals surface area contributed by atoms with Crippen LogP contribution in [0, 0.1) is 5.92 Å². The van der Waals surface area contributed by atoms with E-state index in [-0.39, 0.29) is 19.1 Å². The summed E-state index contributed by atoms with van der Waals surface area (Å²) in [7, 11) is 0. The van der Waals surface area contributed by atoms with Gasteiger partial charge in [0, 0.05) is 0 Å². The van der Waals surface area contributed by atoms with Gasteiger partial charge in [-0.05, 0) is 18.4 Å². The lowest BCUT2D eigenvalue weighted by Gasteiger charge is -2.30. The third-order valence-corrected chi connectivity index (χ3v) is 3.25. The fourth-order valence-corrected chi connectivity index (χ4v) is 2.08. The van der Waals surface area contributed by atoms with Crippen LogP contribution in [0.1, 0.15) is 18.4 Å². The van der Waals surface area contributed by atoms with Gasteiger partial charge in [0.25, 0.3) is 0 Å². The number of hydrogen-bond acceptors (Lipinski definition) is 2. The normalized spacial score (nSPS) is 24.4. The zero-order valence-electron chi connectivity index (χ0n) is 10.5. The molecule has 1 fully saturated rings. The first-order chi connectivity index (χ1) is 9.05. The van der Waals surface area contributed by atoms with Crippen LogP contribution in [0.25, 0.3) is 0 Å². The fraction of sp³-hybridized carbons (Fsp3) is 0.571. The minimum atomic E-state index is -4.14. The summed E-state index contributed by atoms with van der Waals surface area (Å²) < 4.78 is 48.0. The number of ether oxygens (including phenoxy) is 2. The SMILES string of the molecule is FC(F)(F)[C@H]1CC[C@H](COCc2ccccc2)OC1. The van der Waals surface area contributed by atoms with E-state index in [1.54, 1.807) is 0 Å². The number of benzene rings is 1. The summed E-state index contributed by atoms with van der Waals surface area (Å²) in [6, 6.07) is 9.65. The molecular weight excluding hydrogens is 257 g/mol. The molecule has 1 aromatic carbocycles. The molecule has 1 aromatic rings. The summed E-state index contributed by atoms with van der Waals surface area (Å²) in [5.41, 5.74) is 1.05. The van der Waals surface area contributed by atoms with Crippen molar-refractivity contribution in [2.45, 2.75) is 31.7 Å². The standard InChI is InChI=1S/C14H17F3O2/c15-14(16,17)12-6-7-13(19-9-12)10-18-8-11-4-2-1-3-5-11/h1-5,12-13H,6-10H2/t12-,13+/m0/s1. The average molecular weight is 274 g/mol. The minimum Gasteiger partial charge on any atom is -0.375 e. The van der Waals surface area contributed by atoms with Gasteiger partial charge < -0.3 is 9.47 Å². The van der Waals surface area contributed by atoms with E-state index >= 15 is 0 Å². The van der Waals surface area contributed by atoms with Gasteiger partial charge in [0.2, 0.25) is 0 Å². The quantitative estimate of drug-likeness (QED) is 0.835. The van der Waals surface area contributed by atoms with Gasteiger partial charge in [0.15, 0.2) is 0 Å². The van der Waals surface area contributed by atoms with Crippen LogP contribution in [-0.4, -0.2) is 25.5 Å². The lowest BCUT2D eigenvalue weighted by Crippen LogP contribution is -2.36. The van der Waals surface area contributed by atoms with E-state index in [0.717, 1.165) is 5.56 Å². The smallest absolute Gasteiger partial charge is 0.375 e. The Bertz CT molecular complexity index is 370. The molecule has 2 atom stereocenters. The topological polar surface area (TPSA) is 18.5 Å². The van der Waals surface area contributed by atoms with Gasteiger partial charge in [-0.2, -0.15) is 13.2 Å². The Morgan fingerprint density at radius 3 is 2.47 bits per heavy atom. The van der Waals surface area contributed by atoms with E-state index in [4.69, 9.17) is 9.47 Å². The first kappa shape index (κ1) is 14.3. The predicted octanol–water partition coefficient (Wildman–Crippen LogP) is 3.56. The molecule has 19 heavy (non-hydrogen) atoms. The fourth-order valence-electron chi connectivity index (χ4n) is 2.08. The second-order valence-corrected chi connectivity index (χ2v) is 4.77. The van der Waals surface area contributed by atoms with Gasteiger partial charge in [-0.3, -0.25) is 0 Å². The maximum Gasteiger partial charge on any atom is 0.394 e. The van der Waals surface area contributed by atoms with Crippen LogP contribution in [-0.2, 0) is 16.1 Å². The van der Waals surface area contributed by atoms with Crippen molar-refractivity contribution in [3.05, 3.63) is 35.9 Å². The molecule has 1 aliphatic rings. The van der Waals surface area contributed by atoms with E-state index in [1.807, 2.05) is 30.3 Å². The van der Waals surface area contributed by atoms with Gasteiger partial charge in [-0.15, -0.1) is 0 Å². The van der Waals surface area contributed by atoms with Crippen molar-refractivity contribution in [1.29, 1.82) is 0 Å². The Morgan fingerprint density at radius 1 is 1.16 bits per heavy atom. The van der Waals surface area contributed by atoms with Gasteiger partial charge in [-0.1, -0.05) is 30.3 Å². The third kappa shape index (κ3) is 4.51. The molecule has 0 N–H and O–H groups in total. The molecular formula is C14H17F3O2. The largest absolute Gasteiger partial charge is 0.394 e. The average Bonchev–Trinajstić information content (AvgIpc) is 2.39. The first-order valence-corrected chi connectivity index (χ1v) is 6.35. The number of rotatable bonds is 4. The lowest BCUT2D eigenvalue weighted by atomic mass is 9.98. The molecule has 0 amide bonds. The van der Waals surface area contributed by atoms with Crippen molar-refractivity contribution in [1.82, 2.24) is 0 Å². The van der Waals surface area contributed by atoms with E-state index in [1.165, 1.54) is 0 Å². The summed E-state index contributed by atoms with van der Waals surface area (Å²) in [6.45, 7) is 0.561. The zero-order chi connectivity index (χ0) is 13.7. The molecule has 0 bridgehead atoms. The Labute approximate surface area is 110 Å². The molecule has 0 spiro atoms. The molecule has 1 saturated heterocycles. The zero-order valence-corrected chi connectivity index (χ0v) is 10.5. The van der Waals surface area contributed by atoms with Gasteiger partial charge in [0.1, 0.15) is 0 Å². The van der Waals surface area contributed by atoms with Crippen LogP contribution in [0.2, 0.25) is 0 Å². The predicted molar refractivity (Wildman–Crippen MR) is 64.6 cm³/mol. The molecule has 106 valence electrons. The Hall–Kier alpha value is -1.07. The minimum absolute atomic E-state index is 0.128. The van der Waals surface area contributed by atoms with Crippen molar-refractivity contribution in [3.8, 4) is 0 Å². The maximum atomic E-state index is 12.4. The highest BCUT2D eigenvalue weighted by Gasteiger charge is 2.42. The summed E-state index contributed by atoms with van der Waals surface area (Å²) in [5, 5.41) is 0. The first-order valence-electron chi connectivity index (χ1n) is 6.35. The van der Waals surface area contributed by atoms with Crippen molar-refractivity contribution >= 4 is 0 Å². The molecule has 2 nitrogen and oxygen atoms in total. The number of alkyl halides is 3.